The minimum atomic E-state index is -0.465. The third-order valence-electron chi connectivity index (χ3n) is 5.34. The van der Waals surface area contributed by atoms with Gasteiger partial charge in [-0.15, -0.1) is 0 Å². The highest BCUT2D eigenvalue weighted by molar-refractivity contribution is 5.69. The number of hydrogen-bond acceptors (Lipinski definition) is 3. The standard InChI is InChI=1S/C19H17N3O/c23-19-13-7-8-20-9-12(13)5-6-16(19)18-15-4-2-1-3-14(15)17-10-21-11-22(17)18/h1-4,7-11,16,18-19,23H,5-6H2/t16-,18+,19-/m1/s1. The molecule has 0 saturated carbocycles. The van der Waals surface area contributed by atoms with Crippen molar-refractivity contribution in [1.29, 1.82) is 0 Å². The molecule has 2 aromatic heterocycles. The van der Waals surface area contributed by atoms with Gasteiger partial charge >= 0.3 is 0 Å². The van der Waals surface area contributed by atoms with Gasteiger partial charge in [0.25, 0.3) is 0 Å². The maximum absolute atomic E-state index is 11.0. The van der Waals surface area contributed by atoms with Crippen molar-refractivity contribution >= 4 is 0 Å². The molecule has 0 bridgehead atoms. The fourth-order valence-electron chi connectivity index (χ4n) is 4.29. The first-order chi connectivity index (χ1) is 11.3. The van der Waals surface area contributed by atoms with Crippen molar-refractivity contribution in [3.8, 4) is 11.3 Å². The summed E-state index contributed by atoms with van der Waals surface area (Å²) in [6.07, 6.45) is 8.94. The lowest BCUT2D eigenvalue weighted by Crippen LogP contribution is -2.28. The van der Waals surface area contributed by atoms with Crippen LogP contribution in [0, 0.1) is 5.92 Å². The Hall–Kier alpha value is -2.46. The lowest BCUT2D eigenvalue weighted by Gasteiger charge is -2.35. The molecule has 1 aliphatic heterocycles. The van der Waals surface area contributed by atoms with Crippen LogP contribution in [0.2, 0.25) is 0 Å². The van der Waals surface area contributed by atoms with Gasteiger partial charge < -0.3 is 9.67 Å². The van der Waals surface area contributed by atoms with Gasteiger partial charge in [-0.2, -0.15) is 0 Å². The van der Waals surface area contributed by atoms with E-state index in [1.807, 2.05) is 24.8 Å². The number of nitrogens with zero attached hydrogens (tertiary/aromatic N) is 3. The van der Waals surface area contributed by atoms with Gasteiger partial charge in [-0.05, 0) is 35.6 Å². The smallest absolute Gasteiger partial charge is 0.0956 e. The van der Waals surface area contributed by atoms with Crippen molar-refractivity contribution in [2.45, 2.75) is 25.0 Å². The molecule has 3 atom stereocenters. The molecule has 0 spiro atoms. The number of aliphatic hydroxyl groups is 1. The zero-order valence-corrected chi connectivity index (χ0v) is 12.6. The summed E-state index contributed by atoms with van der Waals surface area (Å²) in [5.74, 6) is 0.154. The van der Waals surface area contributed by atoms with E-state index in [-0.39, 0.29) is 12.0 Å². The first-order valence-electron chi connectivity index (χ1n) is 8.06. The summed E-state index contributed by atoms with van der Waals surface area (Å²) in [6.45, 7) is 0. The Morgan fingerprint density at radius 3 is 2.91 bits per heavy atom. The van der Waals surface area contributed by atoms with Crippen LogP contribution in [0.3, 0.4) is 0 Å². The van der Waals surface area contributed by atoms with Crippen molar-refractivity contribution in [1.82, 2.24) is 14.5 Å². The number of aryl methyl sites for hydroxylation is 1. The average Bonchev–Trinajstić information content (AvgIpc) is 3.17. The molecule has 4 heteroatoms. The van der Waals surface area contributed by atoms with Crippen molar-refractivity contribution < 1.29 is 5.11 Å². The van der Waals surface area contributed by atoms with Crippen molar-refractivity contribution in [2.24, 2.45) is 5.92 Å². The second-order valence-corrected chi connectivity index (χ2v) is 6.44. The zero-order valence-electron chi connectivity index (χ0n) is 12.6. The molecule has 1 aliphatic carbocycles. The monoisotopic (exact) mass is 303 g/mol. The van der Waals surface area contributed by atoms with Crippen LogP contribution < -0.4 is 0 Å². The van der Waals surface area contributed by atoms with Crippen LogP contribution in [0.4, 0.5) is 0 Å². The normalized spacial score (nSPS) is 24.8. The van der Waals surface area contributed by atoms with Crippen LogP contribution in [0.25, 0.3) is 11.3 Å². The summed E-state index contributed by atoms with van der Waals surface area (Å²) in [5, 5.41) is 11.0. The number of rotatable bonds is 1. The zero-order chi connectivity index (χ0) is 15.4. The quantitative estimate of drug-likeness (QED) is 0.751. The predicted molar refractivity (Wildman–Crippen MR) is 86.8 cm³/mol. The van der Waals surface area contributed by atoms with Crippen LogP contribution in [-0.4, -0.2) is 19.6 Å². The molecule has 23 heavy (non-hydrogen) atoms. The highest BCUT2D eigenvalue weighted by Gasteiger charge is 2.40. The van der Waals surface area contributed by atoms with E-state index >= 15 is 0 Å². The second kappa shape index (κ2) is 4.77. The second-order valence-electron chi connectivity index (χ2n) is 6.44. The van der Waals surface area contributed by atoms with Gasteiger partial charge in [0.1, 0.15) is 0 Å². The van der Waals surface area contributed by atoms with Crippen LogP contribution >= 0.6 is 0 Å². The molecule has 0 radical (unpaired) electrons. The minimum Gasteiger partial charge on any atom is -0.388 e. The first kappa shape index (κ1) is 13.0. The summed E-state index contributed by atoms with van der Waals surface area (Å²) in [7, 11) is 0. The van der Waals surface area contributed by atoms with Gasteiger partial charge in [-0.1, -0.05) is 24.3 Å². The minimum absolute atomic E-state index is 0.153. The number of fused-ring (bicyclic) bond motifs is 4. The van der Waals surface area contributed by atoms with Crippen LogP contribution in [-0.2, 0) is 6.42 Å². The average molecular weight is 303 g/mol. The molecule has 2 aliphatic rings. The van der Waals surface area contributed by atoms with Crippen molar-refractivity contribution in [3.63, 3.8) is 0 Å². The number of aliphatic hydroxyl groups excluding tert-OH is 1. The molecular formula is C19H17N3O. The molecule has 3 aromatic rings. The Bertz CT molecular complexity index is 886. The molecule has 0 fully saturated rings. The Kier molecular flexibility index (Phi) is 2.70. The molecule has 114 valence electrons. The third kappa shape index (κ3) is 1.75. The number of benzene rings is 1. The van der Waals surface area contributed by atoms with Gasteiger partial charge in [0, 0.05) is 23.9 Å². The fraction of sp³-hybridized carbons (Fsp3) is 0.263. The van der Waals surface area contributed by atoms with E-state index in [1.54, 1.807) is 6.20 Å². The maximum atomic E-state index is 11.0. The fourth-order valence-corrected chi connectivity index (χ4v) is 4.29. The number of aromatic nitrogens is 3. The largest absolute Gasteiger partial charge is 0.388 e. The third-order valence-corrected chi connectivity index (χ3v) is 5.34. The van der Waals surface area contributed by atoms with Gasteiger partial charge in [0.05, 0.1) is 30.4 Å². The number of pyridine rings is 1. The molecule has 5 rings (SSSR count). The van der Waals surface area contributed by atoms with Gasteiger partial charge in [0.15, 0.2) is 0 Å². The molecular weight excluding hydrogens is 286 g/mol. The topological polar surface area (TPSA) is 50.9 Å². The summed E-state index contributed by atoms with van der Waals surface area (Å²) < 4.78 is 2.23. The van der Waals surface area contributed by atoms with Crippen LogP contribution in [0.15, 0.2) is 55.2 Å². The lowest BCUT2D eigenvalue weighted by molar-refractivity contribution is 0.0718. The van der Waals surface area contributed by atoms with E-state index in [0.29, 0.717) is 0 Å². The summed E-state index contributed by atoms with van der Waals surface area (Å²) in [4.78, 5) is 8.52. The lowest BCUT2D eigenvalue weighted by atomic mass is 9.76. The molecule has 0 amide bonds. The van der Waals surface area contributed by atoms with Gasteiger partial charge in [-0.25, -0.2) is 4.98 Å². The number of hydrogen-bond donors (Lipinski definition) is 1. The highest BCUT2D eigenvalue weighted by atomic mass is 16.3. The maximum Gasteiger partial charge on any atom is 0.0956 e. The highest BCUT2D eigenvalue weighted by Crippen LogP contribution is 2.49. The molecule has 3 heterocycles. The van der Waals surface area contributed by atoms with Crippen molar-refractivity contribution in [2.75, 3.05) is 0 Å². The van der Waals surface area contributed by atoms with E-state index in [4.69, 9.17) is 0 Å². The van der Waals surface area contributed by atoms with E-state index in [2.05, 4.69) is 38.8 Å². The van der Waals surface area contributed by atoms with Gasteiger partial charge in [0.2, 0.25) is 0 Å². The van der Waals surface area contributed by atoms with E-state index in [0.717, 1.165) is 24.1 Å². The molecule has 0 unspecified atom stereocenters. The molecule has 1 aromatic carbocycles. The Labute approximate surface area is 134 Å². The van der Waals surface area contributed by atoms with E-state index < -0.39 is 6.10 Å². The Balaban J connectivity index is 1.64. The van der Waals surface area contributed by atoms with Crippen molar-refractivity contribution in [3.05, 3.63) is 71.9 Å². The first-order valence-corrected chi connectivity index (χ1v) is 8.06. The summed E-state index contributed by atoms with van der Waals surface area (Å²) in [6, 6.07) is 10.6. The summed E-state index contributed by atoms with van der Waals surface area (Å²) >= 11 is 0. The predicted octanol–water partition coefficient (Wildman–Crippen LogP) is 3.14. The Morgan fingerprint density at radius 2 is 1.96 bits per heavy atom. The SMILES string of the molecule is O[C@@H]1c2ccncc2CC[C@@H]1[C@@H]1c2ccccc2-c2cncn21. The molecule has 4 nitrogen and oxygen atoms in total. The molecule has 0 saturated heterocycles. The van der Waals surface area contributed by atoms with Crippen LogP contribution in [0.1, 0.15) is 35.3 Å². The van der Waals surface area contributed by atoms with E-state index in [9.17, 15) is 5.11 Å². The number of imidazole rings is 1. The Morgan fingerprint density at radius 1 is 1.04 bits per heavy atom. The summed E-state index contributed by atoms with van der Waals surface area (Å²) in [5.41, 5.74) is 5.89. The van der Waals surface area contributed by atoms with Gasteiger partial charge in [-0.3, -0.25) is 4.98 Å². The molecule has 1 N–H and O–H groups in total. The van der Waals surface area contributed by atoms with Crippen LogP contribution in [0.5, 0.6) is 0 Å². The van der Waals surface area contributed by atoms with E-state index in [1.165, 1.54) is 16.7 Å².